The van der Waals surface area contributed by atoms with Crippen LogP contribution in [0.15, 0.2) is 18.2 Å². The second-order valence-corrected chi connectivity index (χ2v) is 9.34. The van der Waals surface area contributed by atoms with Gasteiger partial charge < -0.3 is 14.9 Å². The highest BCUT2D eigenvalue weighted by Crippen LogP contribution is 2.56. The summed E-state index contributed by atoms with van der Waals surface area (Å²) in [7, 11) is 1.70. The lowest BCUT2D eigenvalue weighted by molar-refractivity contribution is -0.165. The topological polar surface area (TPSA) is 52.9 Å². The molecule has 1 aromatic carbocycles. The summed E-state index contributed by atoms with van der Waals surface area (Å²) < 4.78 is 5.53. The highest BCUT2D eigenvalue weighted by Gasteiger charge is 2.61. The van der Waals surface area contributed by atoms with Gasteiger partial charge in [-0.25, -0.2) is 0 Å². The predicted octanol–water partition coefficient (Wildman–Crippen LogP) is 3.27. The molecule has 0 spiro atoms. The van der Waals surface area contributed by atoms with Crippen LogP contribution in [-0.4, -0.2) is 53.6 Å². The predicted molar refractivity (Wildman–Crippen MR) is 107 cm³/mol. The molecular weight excluding hydrogens is 338 g/mol. The highest BCUT2D eigenvalue weighted by molar-refractivity contribution is 5.44. The molecule has 4 atom stereocenters. The maximum absolute atomic E-state index is 12.2. The first kappa shape index (κ1) is 19.2. The molecule has 27 heavy (non-hydrogen) atoms. The van der Waals surface area contributed by atoms with Crippen LogP contribution in [0, 0.1) is 18.8 Å². The summed E-state index contributed by atoms with van der Waals surface area (Å²) in [6.07, 6.45) is 6.15. The van der Waals surface area contributed by atoms with Crippen LogP contribution in [0.4, 0.5) is 0 Å². The minimum atomic E-state index is -0.761. The summed E-state index contributed by atoms with van der Waals surface area (Å²) in [4.78, 5) is 2.53. The van der Waals surface area contributed by atoms with Crippen molar-refractivity contribution in [2.24, 2.45) is 11.8 Å². The third-order valence-corrected chi connectivity index (χ3v) is 7.87. The van der Waals surface area contributed by atoms with Crippen molar-refractivity contribution < 1.29 is 14.9 Å². The Morgan fingerprint density at radius 3 is 2.63 bits per heavy atom. The van der Waals surface area contributed by atoms with Crippen LogP contribution < -0.4 is 4.74 Å². The number of rotatable bonds is 5. The molecule has 2 saturated carbocycles. The number of fused-ring (bicyclic) bond motifs is 1. The van der Waals surface area contributed by atoms with E-state index in [-0.39, 0.29) is 24.0 Å². The number of aliphatic hydroxyl groups excluding tert-OH is 1. The number of likely N-dealkylation sites (tertiary alicyclic amines) is 1. The Morgan fingerprint density at radius 2 is 1.96 bits per heavy atom. The number of hydrogen-bond donors (Lipinski definition) is 2. The number of aliphatic hydroxyl groups is 2. The normalized spacial score (nSPS) is 37.1. The maximum atomic E-state index is 12.2. The SMILES string of the molecule is COc1ccc(C)c(C23CCN(CC4CC4)C(C)C2(O)CCC(CO)C3)c1. The van der Waals surface area contributed by atoms with E-state index in [2.05, 4.69) is 30.9 Å². The van der Waals surface area contributed by atoms with Crippen LogP contribution in [0.5, 0.6) is 5.75 Å². The molecule has 0 aromatic heterocycles. The molecule has 4 unspecified atom stereocenters. The van der Waals surface area contributed by atoms with E-state index >= 15 is 0 Å². The van der Waals surface area contributed by atoms with Gasteiger partial charge in [-0.1, -0.05) is 6.07 Å². The molecule has 150 valence electrons. The largest absolute Gasteiger partial charge is 0.497 e. The summed E-state index contributed by atoms with van der Waals surface area (Å²) in [6, 6.07) is 6.40. The highest BCUT2D eigenvalue weighted by atomic mass is 16.5. The number of piperidine rings is 1. The van der Waals surface area contributed by atoms with Crippen molar-refractivity contribution in [3.05, 3.63) is 29.3 Å². The van der Waals surface area contributed by atoms with Crippen LogP contribution in [0.3, 0.4) is 0 Å². The van der Waals surface area contributed by atoms with Crippen molar-refractivity contribution in [3.8, 4) is 5.75 Å². The zero-order chi connectivity index (χ0) is 19.2. The smallest absolute Gasteiger partial charge is 0.119 e. The van der Waals surface area contributed by atoms with Gasteiger partial charge in [-0.2, -0.15) is 0 Å². The Bertz CT molecular complexity index is 688. The summed E-state index contributed by atoms with van der Waals surface area (Å²) in [5.41, 5.74) is 1.37. The molecule has 3 aliphatic rings. The van der Waals surface area contributed by atoms with E-state index in [1.807, 2.05) is 6.07 Å². The van der Waals surface area contributed by atoms with Gasteiger partial charge in [0.25, 0.3) is 0 Å². The maximum Gasteiger partial charge on any atom is 0.119 e. The van der Waals surface area contributed by atoms with Crippen molar-refractivity contribution in [1.29, 1.82) is 0 Å². The van der Waals surface area contributed by atoms with Crippen molar-refractivity contribution in [2.75, 3.05) is 26.8 Å². The molecule has 4 nitrogen and oxygen atoms in total. The molecular formula is C23H35NO3. The zero-order valence-electron chi connectivity index (χ0n) is 17.1. The van der Waals surface area contributed by atoms with Crippen LogP contribution in [0.2, 0.25) is 0 Å². The van der Waals surface area contributed by atoms with Crippen molar-refractivity contribution in [3.63, 3.8) is 0 Å². The summed E-state index contributed by atoms with van der Waals surface area (Å²) in [6.45, 7) is 6.73. The lowest BCUT2D eigenvalue weighted by Gasteiger charge is -2.61. The van der Waals surface area contributed by atoms with Gasteiger partial charge in [0.15, 0.2) is 0 Å². The Balaban J connectivity index is 1.77. The fourth-order valence-corrected chi connectivity index (χ4v) is 5.95. The Labute approximate surface area is 163 Å². The van der Waals surface area contributed by atoms with Crippen LogP contribution in [-0.2, 0) is 5.41 Å². The fourth-order valence-electron chi connectivity index (χ4n) is 5.95. The number of hydrogen-bond acceptors (Lipinski definition) is 4. The minimum Gasteiger partial charge on any atom is -0.497 e. The Morgan fingerprint density at radius 1 is 1.19 bits per heavy atom. The molecule has 1 aliphatic heterocycles. The first-order chi connectivity index (χ1) is 12.9. The Kier molecular flexibility index (Phi) is 5.02. The fraction of sp³-hybridized carbons (Fsp3) is 0.739. The molecule has 0 amide bonds. The third-order valence-electron chi connectivity index (χ3n) is 7.87. The molecule has 2 N–H and O–H groups in total. The van der Waals surface area contributed by atoms with Gasteiger partial charge in [0.2, 0.25) is 0 Å². The minimum absolute atomic E-state index is 0.136. The van der Waals surface area contributed by atoms with E-state index in [9.17, 15) is 10.2 Å². The second kappa shape index (κ2) is 7.06. The van der Waals surface area contributed by atoms with Gasteiger partial charge in [-0.15, -0.1) is 0 Å². The van der Waals surface area contributed by atoms with Gasteiger partial charge in [0, 0.05) is 24.6 Å². The van der Waals surface area contributed by atoms with Crippen LogP contribution in [0.1, 0.15) is 56.6 Å². The number of ether oxygens (including phenoxy) is 1. The van der Waals surface area contributed by atoms with Gasteiger partial charge in [0.1, 0.15) is 5.75 Å². The zero-order valence-corrected chi connectivity index (χ0v) is 17.1. The van der Waals surface area contributed by atoms with Crippen molar-refractivity contribution in [2.45, 2.75) is 69.4 Å². The molecule has 3 fully saturated rings. The molecule has 1 aromatic rings. The quantitative estimate of drug-likeness (QED) is 0.832. The summed E-state index contributed by atoms with van der Waals surface area (Å²) >= 11 is 0. The molecule has 1 saturated heterocycles. The van der Waals surface area contributed by atoms with Gasteiger partial charge in [-0.05, 0) is 94.0 Å². The number of aryl methyl sites for hydroxylation is 1. The lowest BCUT2D eigenvalue weighted by atomic mass is 9.51. The number of benzene rings is 1. The van der Waals surface area contributed by atoms with Crippen molar-refractivity contribution in [1.82, 2.24) is 4.90 Å². The van der Waals surface area contributed by atoms with E-state index in [1.54, 1.807) is 7.11 Å². The molecule has 0 radical (unpaired) electrons. The van der Waals surface area contributed by atoms with Crippen molar-refractivity contribution >= 4 is 0 Å². The number of nitrogens with zero attached hydrogens (tertiary/aromatic N) is 1. The molecule has 0 bridgehead atoms. The number of methoxy groups -OCH3 is 1. The molecule has 4 heteroatoms. The third kappa shape index (κ3) is 3.10. The van der Waals surface area contributed by atoms with Gasteiger partial charge in [0.05, 0.1) is 12.7 Å². The molecule has 4 rings (SSSR count). The van der Waals surface area contributed by atoms with Crippen LogP contribution in [0.25, 0.3) is 0 Å². The van der Waals surface area contributed by atoms with Crippen LogP contribution >= 0.6 is 0 Å². The van der Waals surface area contributed by atoms with E-state index in [4.69, 9.17) is 4.74 Å². The van der Waals surface area contributed by atoms with E-state index in [0.29, 0.717) is 0 Å². The monoisotopic (exact) mass is 373 g/mol. The molecule has 2 aliphatic carbocycles. The van der Waals surface area contributed by atoms with E-state index in [0.717, 1.165) is 50.4 Å². The first-order valence-corrected chi connectivity index (χ1v) is 10.7. The lowest BCUT2D eigenvalue weighted by Crippen LogP contribution is -2.70. The summed E-state index contributed by atoms with van der Waals surface area (Å²) in [5, 5.41) is 22.1. The average Bonchev–Trinajstić information content (AvgIpc) is 3.49. The summed E-state index contributed by atoms with van der Waals surface area (Å²) in [5.74, 6) is 1.94. The average molecular weight is 374 g/mol. The molecule has 1 heterocycles. The van der Waals surface area contributed by atoms with E-state index < -0.39 is 5.60 Å². The Hall–Kier alpha value is -1.10. The van der Waals surface area contributed by atoms with E-state index in [1.165, 1.54) is 24.0 Å². The van der Waals surface area contributed by atoms with Gasteiger partial charge in [-0.3, -0.25) is 4.90 Å². The first-order valence-electron chi connectivity index (χ1n) is 10.7. The standard InChI is InChI=1S/C23H35NO3/c1-16-4-7-20(27-3)12-21(16)22-10-11-24(14-18-5-6-18)17(2)23(22,26)9-8-19(13-22)15-25/h4,7,12,17-19,25-26H,5-6,8-11,13-15H2,1-3H3. The second-order valence-electron chi connectivity index (χ2n) is 9.34. The van der Waals surface area contributed by atoms with Gasteiger partial charge >= 0.3 is 0 Å².